The molecule has 0 nitrogen and oxygen atoms in total. The van der Waals surface area contributed by atoms with Crippen LogP contribution in [0.4, 0.5) is 0 Å². The maximum absolute atomic E-state index is 4.54. The highest BCUT2D eigenvalue weighted by molar-refractivity contribution is 7.80. The summed E-state index contributed by atoms with van der Waals surface area (Å²) < 4.78 is 0. The van der Waals surface area contributed by atoms with E-state index in [-0.39, 0.29) is 0 Å². The second-order valence-corrected chi connectivity index (χ2v) is 4.55. The zero-order chi connectivity index (χ0) is 8.10. The molecule has 2 atom stereocenters. The molecule has 2 unspecified atom stereocenters. The normalized spacial score (nSPS) is 33.3. The molecule has 1 rings (SSSR count). The van der Waals surface area contributed by atoms with Crippen LogP contribution in [0, 0.1) is 5.92 Å². The molecule has 1 fully saturated rings. The van der Waals surface area contributed by atoms with E-state index in [9.17, 15) is 0 Å². The maximum Gasteiger partial charge on any atom is 0.00169 e. The van der Waals surface area contributed by atoms with Crippen LogP contribution in [0.15, 0.2) is 0 Å². The van der Waals surface area contributed by atoms with Crippen molar-refractivity contribution >= 4 is 12.6 Å². The van der Waals surface area contributed by atoms with Gasteiger partial charge in [0.15, 0.2) is 0 Å². The van der Waals surface area contributed by atoms with Crippen LogP contribution in [-0.4, -0.2) is 5.25 Å². The highest BCUT2D eigenvalue weighted by Gasteiger charge is 2.15. The van der Waals surface area contributed by atoms with Gasteiger partial charge in [0, 0.05) is 5.25 Å². The Morgan fingerprint density at radius 1 is 1.18 bits per heavy atom. The third kappa shape index (κ3) is 3.50. The summed E-state index contributed by atoms with van der Waals surface area (Å²) in [7, 11) is 0. The molecule has 0 saturated heterocycles. The van der Waals surface area contributed by atoms with Crippen LogP contribution in [0.5, 0.6) is 0 Å². The average molecular weight is 172 g/mol. The third-order valence-corrected chi connectivity index (χ3v) is 3.27. The van der Waals surface area contributed by atoms with Gasteiger partial charge in [0.1, 0.15) is 0 Å². The van der Waals surface area contributed by atoms with Gasteiger partial charge in [-0.1, -0.05) is 32.6 Å². The van der Waals surface area contributed by atoms with Crippen molar-refractivity contribution < 1.29 is 0 Å². The SMILES string of the molecule is CCCC1CCCC(S)CC1. The first-order valence-electron chi connectivity index (χ1n) is 5.01. The van der Waals surface area contributed by atoms with Crippen molar-refractivity contribution in [2.45, 2.75) is 57.1 Å². The van der Waals surface area contributed by atoms with Gasteiger partial charge in [0.2, 0.25) is 0 Å². The molecule has 1 heteroatoms. The summed E-state index contributed by atoms with van der Waals surface area (Å²) in [5.74, 6) is 1.03. The van der Waals surface area contributed by atoms with Crippen molar-refractivity contribution in [3.63, 3.8) is 0 Å². The molecule has 0 aliphatic heterocycles. The molecule has 66 valence electrons. The van der Waals surface area contributed by atoms with Crippen molar-refractivity contribution in [3.05, 3.63) is 0 Å². The lowest BCUT2D eigenvalue weighted by Crippen LogP contribution is -1.98. The Kier molecular flexibility index (Phi) is 4.36. The lowest BCUT2D eigenvalue weighted by Gasteiger charge is -2.11. The van der Waals surface area contributed by atoms with Crippen LogP contribution in [0.25, 0.3) is 0 Å². The van der Waals surface area contributed by atoms with Gasteiger partial charge in [-0.05, 0) is 25.2 Å². The first-order valence-corrected chi connectivity index (χ1v) is 5.52. The van der Waals surface area contributed by atoms with E-state index in [0.717, 1.165) is 5.92 Å². The van der Waals surface area contributed by atoms with Crippen LogP contribution in [0.2, 0.25) is 0 Å². The molecule has 1 saturated carbocycles. The summed E-state index contributed by atoms with van der Waals surface area (Å²) in [6, 6.07) is 0. The molecule has 0 spiro atoms. The minimum atomic E-state index is 0.705. The van der Waals surface area contributed by atoms with Gasteiger partial charge in [-0.15, -0.1) is 0 Å². The summed E-state index contributed by atoms with van der Waals surface area (Å²) in [6.45, 7) is 2.29. The zero-order valence-electron chi connectivity index (χ0n) is 7.55. The molecule has 0 bridgehead atoms. The third-order valence-electron chi connectivity index (χ3n) is 2.75. The number of rotatable bonds is 2. The summed E-state index contributed by atoms with van der Waals surface area (Å²) >= 11 is 4.54. The van der Waals surface area contributed by atoms with E-state index in [1.165, 1.54) is 44.9 Å². The minimum absolute atomic E-state index is 0.705. The van der Waals surface area contributed by atoms with E-state index in [1.807, 2.05) is 0 Å². The smallest absolute Gasteiger partial charge is 0.00169 e. The number of thiol groups is 1. The average Bonchev–Trinajstić information content (AvgIpc) is 2.17. The van der Waals surface area contributed by atoms with E-state index in [1.54, 1.807) is 0 Å². The molecule has 0 radical (unpaired) electrons. The topological polar surface area (TPSA) is 0 Å². The summed E-state index contributed by atoms with van der Waals surface area (Å²) in [5.41, 5.74) is 0. The lowest BCUT2D eigenvalue weighted by molar-refractivity contribution is 0.424. The molecular formula is C10H20S. The van der Waals surface area contributed by atoms with Gasteiger partial charge in [-0.3, -0.25) is 0 Å². The second-order valence-electron chi connectivity index (χ2n) is 3.82. The first-order chi connectivity index (χ1) is 5.33. The van der Waals surface area contributed by atoms with Crippen LogP contribution < -0.4 is 0 Å². The molecule has 0 aromatic rings. The van der Waals surface area contributed by atoms with Crippen molar-refractivity contribution in [2.75, 3.05) is 0 Å². The predicted octanol–water partition coefficient (Wildman–Crippen LogP) is 3.67. The fraction of sp³-hybridized carbons (Fsp3) is 1.00. The van der Waals surface area contributed by atoms with Gasteiger partial charge in [0.25, 0.3) is 0 Å². The fourth-order valence-corrected chi connectivity index (χ4v) is 2.39. The van der Waals surface area contributed by atoms with Gasteiger partial charge < -0.3 is 0 Å². The Morgan fingerprint density at radius 2 is 2.00 bits per heavy atom. The molecule has 11 heavy (non-hydrogen) atoms. The molecule has 0 heterocycles. The van der Waals surface area contributed by atoms with Crippen molar-refractivity contribution in [3.8, 4) is 0 Å². The standard InChI is InChI=1S/C10H20S/c1-2-4-9-5-3-6-10(11)8-7-9/h9-11H,2-8H2,1H3. The summed E-state index contributed by atoms with van der Waals surface area (Å²) in [5, 5.41) is 0.705. The van der Waals surface area contributed by atoms with Crippen molar-refractivity contribution in [1.82, 2.24) is 0 Å². The Balaban J connectivity index is 2.22. The van der Waals surface area contributed by atoms with Crippen LogP contribution >= 0.6 is 12.6 Å². The van der Waals surface area contributed by atoms with E-state index in [4.69, 9.17) is 0 Å². The predicted molar refractivity (Wildman–Crippen MR) is 54.3 cm³/mol. The number of hydrogen-bond donors (Lipinski definition) is 1. The quantitative estimate of drug-likeness (QED) is 0.477. The van der Waals surface area contributed by atoms with Gasteiger partial charge in [-0.25, -0.2) is 0 Å². The number of hydrogen-bond acceptors (Lipinski definition) is 1. The van der Waals surface area contributed by atoms with Gasteiger partial charge in [-0.2, -0.15) is 12.6 Å². The molecule has 1 aliphatic carbocycles. The van der Waals surface area contributed by atoms with Crippen LogP contribution in [-0.2, 0) is 0 Å². The Morgan fingerprint density at radius 3 is 2.73 bits per heavy atom. The van der Waals surface area contributed by atoms with Crippen LogP contribution in [0.1, 0.15) is 51.9 Å². The summed E-state index contributed by atoms with van der Waals surface area (Å²) in [4.78, 5) is 0. The van der Waals surface area contributed by atoms with E-state index in [0.29, 0.717) is 5.25 Å². The summed E-state index contributed by atoms with van der Waals surface area (Å²) in [6.07, 6.45) is 9.82. The van der Waals surface area contributed by atoms with Crippen molar-refractivity contribution in [1.29, 1.82) is 0 Å². The van der Waals surface area contributed by atoms with Crippen molar-refractivity contribution in [2.24, 2.45) is 5.92 Å². The lowest BCUT2D eigenvalue weighted by atomic mass is 9.96. The van der Waals surface area contributed by atoms with E-state index in [2.05, 4.69) is 19.6 Å². The minimum Gasteiger partial charge on any atom is -0.176 e. The highest BCUT2D eigenvalue weighted by Crippen LogP contribution is 2.28. The zero-order valence-corrected chi connectivity index (χ0v) is 8.45. The highest BCUT2D eigenvalue weighted by atomic mass is 32.1. The molecule has 0 aromatic heterocycles. The molecule has 0 amide bonds. The Bertz CT molecular complexity index is 101. The Hall–Kier alpha value is 0.350. The second kappa shape index (κ2) is 5.08. The fourth-order valence-electron chi connectivity index (χ4n) is 2.06. The molecular weight excluding hydrogens is 152 g/mol. The molecule has 0 aromatic carbocycles. The largest absolute Gasteiger partial charge is 0.176 e. The van der Waals surface area contributed by atoms with Gasteiger partial charge >= 0.3 is 0 Å². The van der Waals surface area contributed by atoms with E-state index < -0.39 is 0 Å². The van der Waals surface area contributed by atoms with Gasteiger partial charge in [0.05, 0.1) is 0 Å². The monoisotopic (exact) mass is 172 g/mol. The first kappa shape index (κ1) is 9.44. The molecule has 1 aliphatic rings. The Labute approximate surface area is 76.2 Å². The molecule has 0 N–H and O–H groups in total. The van der Waals surface area contributed by atoms with Crippen LogP contribution in [0.3, 0.4) is 0 Å². The maximum atomic E-state index is 4.54. The van der Waals surface area contributed by atoms with E-state index >= 15 is 0 Å².